The summed E-state index contributed by atoms with van der Waals surface area (Å²) in [5, 5.41) is 12.5. The van der Waals surface area contributed by atoms with E-state index in [2.05, 4.69) is 279 Å². The average molecular weight is 1000 g/mol. The number of nitrogens with zero attached hydrogens (tertiary/aromatic N) is 4. The highest BCUT2D eigenvalue weighted by Crippen LogP contribution is 2.40. The summed E-state index contributed by atoms with van der Waals surface area (Å²) in [6.07, 6.45) is 18.3. The van der Waals surface area contributed by atoms with Crippen molar-refractivity contribution in [3.8, 4) is 0 Å². The third-order valence-electron chi connectivity index (χ3n) is 15.5. The fourth-order valence-corrected chi connectivity index (χ4v) is 11.2. The first-order valence-electron chi connectivity index (χ1n) is 28.1. The molecule has 0 atom stereocenters. The Morgan fingerprint density at radius 3 is 1.00 bits per heavy atom. The van der Waals surface area contributed by atoms with Gasteiger partial charge in [0.1, 0.15) is 26.2 Å². The number of fused-ring (bicyclic) bond motifs is 2. The van der Waals surface area contributed by atoms with Gasteiger partial charge in [-0.25, -0.2) is 9.15 Å². The second-order valence-corrected chi connectivity index (χ2v) is 19.6. The van der Waals surface area contributed by atoms with Gasteiger partial charge in [-0.05, 0) is 183 Å². The second kappa shape index (κ2) is 25.0. The van der Waals surface area contributed by atoms with E-state index in [0.29, 0.717) is 13.1 Å². The lowest BCUT2D eigenvalue weighted by molar-refractivity contribution is -0.519. The van der Waals surface area contributed by atoms with E-state index in [-0.39, 0.29) is 0 Å². The van der Waals surface area contributed by atoms with Crippen LogP contribution in [0, 0.1) is 0 Å². The van der Waals surface area contributed by atoms with Gasteiger partial charge in [0.2, 0.25) is 0 Å². The molecule has 0 aliphatic heterocycles. The minimum atomic E-state index is 0.717. The van der Waals surface area contributed by atoms with Crippen molar-refractivity contribution in [1.82, 2.24) is 0 Å². The van der Waals surface area contributed by atoms with Crippen LogP contribution < -0.4 is 20.4 Å². The number of nitrogens with one attached hydrogen (secondary N) is 2. The van der Waals surface area contributed by atoms with Crippen LogP contribution in [0.3, 0.4) is 0 Å². The summed E-state index contributed by atoms with van der Waals surface area (Å²) in [4.78, 5) is 4.81. The van der Waals surface area contributed by atoms with E-state index >= 15 is 0 Å². The van der Waals surface area contributed by atoms with Crippen molar-refractivity contribution < 1.29 is 9.15 Å². The van der Waals surface area contributed by atoms with Crippen molar-refractivity contribution in [1.29, 1.82) is 0 Å². The van der Waals surface area contributed by atoms with Crippen LogP contribution in [0.1, 0.15) is 88.8 Å². The number of rotatable bonds is 20. The molecule has 7 aromatic carbocycles. The Bertz CT molecular complexity index is 3150. The number of hydrogen-bond acceptors (Lipinski definition) is 4. The van der Waals surface area contributed by atoms with Crippen LogP contribution in [0.15, 0.2) is 205 Å². The zero-order chi connectivity index (χ0) is 53.0. The van der Waals surface area contributed by atoms with Gasteiger partial charge in [-0.2, -0.15) is 0 Å². The minimum absolute atomic E-state index is 0.717. The van der Waals surface area contributed by atoms with Crippen molar-refractivity contribution in [3.05, 3.63) is 239 Å². The first kappa shape index (κ1) is 52.9. The number of allylic oxidation sites excluding steroid dienone is 10. The number of anilines is 4. The minimum Gasteiger partial charge on any atom is -0.380 e. The van der Waals surface area contributed by atoms with Crippen LogP contribution >= 0.6 is 0 Å². The van der Waals surface area contributed by atoms with Gasteiger partial charge < -0.3 is 20.4 Å². The third-order valence-corrected chi connectivity index (χ3v) is 15.5. The van der Waals surface area contributed by atoms with Gasteiger partial charge in [0.05, 0.1) is 0 Å². The van der Waals surface area contributed by atoms with Gasteiger partial charge in [0.25, 0.3) is 0 Å². The summed E-state index contributed by atoms with van der Waals surface area (Å²) < 4.78 is 4.81. The molecule has 6 nitrogen and oxygen atoms in total. The van der Waals surface area contributed by atoms with Crippen molar-refractivity contribution >= 4 is 66.9 Å². The summed E-state index contributed by atoms with van der Waals surface area (Å²) in [5.41, 5.74) is 19.5. The lowest BCUT2D eigenvalue weighted by atomic mass is 9.87. The Kier molecular flexibility index (Phi) is 17.4. The van der Waals surface area contributed by atoms with Crippen molar-refractivity contribution in [2.45, 2.75) is 68.5 Å². The maximum atomic E-state index is 3.83. The monoisotopic (exact) mass is 1000 g/mol. The maximum absolute atomic E-state index is 3.83. The van der Waals surface area contributed by atoms with Crippen LogP contribution in [0.2, 0.25) is 0 Å². The van der Waals surface area contributed by atoms with Crippen LogP contribution in [0.5, 0.6) is 0 Å². The predicted octanol–water partition coefficient (Wildman–Crippen LogP) is 15.8. The molecule has 2 aliphatic carbocycles. The molecule has 0 heterocycles. The predicted molar refractivity (Wildman–Crippen MR) is 330 cm³/mol. The molecule has 0 spiro atoms. The topological polar surface area (TPSA) is 36.6 Å². The quantitative estimate of drug-likeness (QED) is 0.0746. The Morgan fingerprint density at radius 2 is 0.684 bits per heavy atom. The Morgan fingerprint density at radius 1 is 0.355 bits per heavy atom. The van der Waals surface area contributed by atoms with Gasteiger partial charge in [-0.15, -0.1) is 0 Å². The molecule has 7 aromatic rings. The van der Waals surface area contributed by atoms with Gasteiger partial charge in [-0.3, -0.25) is 0 Å². The molecule has 0 saturated heterocycles. The molecule has 76 heavy (non-hydrogen) atoms. The molecule has 386 valence electrons. The molecular weight excluding hydrogens is 925 g/mol. The van der Waals surface area contributed by atoms with Crippen molar-refractivity contribution in [2.75, 3.05) is 72.8 Å². The molecule has 0 amide bonds. The summed E-state index contributed by atoms with van der Waals surface area (Å²) >= 11 is 0. The molecule has 0 aromatic heterocycles. The molecular formula is C70H78N6+2. The molecule has 2 N–H and O–H groups in total. The molecule has 6 heteroatoms. The molecule has 2 aliphatic rings. The normalized spacial score (nSPS) is 12.9. The number of hydrogen-bond donors (Lipinski definition) is 2. The molecule has 0 saturated carbocycles. The zero-order valence-electron chi connectivity index (χ0n) is 46.3. The van der Waals surface area contributed by atoms with E-state index in [0.717, 1.165) is 63.7 Å². The van der Waals surface area contributed by atoms with Crippen LogP contribution in [0.25, 0.3) is 32.7 Å². The fourth-order valence-electron chi connectivity index (χ4n) is 11.2. The van der Waals surface area contributed by atoms with Crippen molar-refractivity contribution in [2.24, 2.45) is 0 Å². The van der Waals surface area contributed by atoms with Gasteiger partial charge >= 0.3 is 0 Å². The standard InChI is InChI=1S/C70H76N6/c1-9-73(10-2)57-37-29-53(30-38-57)69(54-31-39-58(40-32-54)74(11-3)12-4)65-45-47-67(63-23-19-17-21-61(63)65)71-49-51-25-27-52(28-26-51)50-72-68-48-46-66(62-22-18-20-24-64(62)68)70(55-33-41-59(42-34-55)75(13-5)14-6)56-35-43-60(44-36-56)76(15-7)16-8/h17-48H,9-16,49-50H2,1-8H3/p+2. The second-order valence-electron chi connectivity index (χ2n) is 19.6. The Balaban J connectivity index is 0.954. The first-order chi connectivity index (χ1) is 37.3. The van der Waals surface area contributed by atoms with Gasteiger partial charge in [0.15, 0.2) is 11.4 Å². The summed E-state index contributed by atoms with van der Waals surface area (Å²) in [7, 11) is 0. The molecule has 0 bridgehead atoms. The average Bonchev–Trinajstić information content (AvgIpc) is 3.50. The Labute approximate surface area is 453 Å². The van der Waals surface area contributed by atoms with Crippen molar-refractivity contribution in [3.63, 3.8) is 0 Å². The highest BCUT2D eigenvalue weighted by atomic mass is 15.1. The first-order valence-corrected chi connectivity index (χ1v) is 28.1. The molecule has 0 fully saturated rings. The number of benzene rings is 7. The Hall–Kier alpha value is -7.96. The largest absolute Gasteiger partial charge is 0.380 e. The highest BCUT2D eigenvalue weighted by Gasteiger charge is 2.20. The van der Waals surface area contributed by atoms with Gasteiger partial charge in [0, 0.05) is 97.1 Å². The van der Waals surface area contributed by atoms with E-state index < -0.39 is 0 Å². The lowest BCUT2D eigenvalue weighted by Crippen LogP contribution is -2.21. The van der Waals surface area contributed by atoms with Crippen LogP contribution in [-0.4, -0.2) is 72.9 Å². The smallest absolute Gasteiger partial charge is 0.199 e. The summed E-state index contributed by atoms with van der Waals surface area (Å²) in [6, 6.07) is 54.2. The van der Waals surface area contributed by atoms with E-state index in [1.165, 1.54) is 100 Å². The maximum Gasteiger partial charge on any atom is 0.199 e. The van der Waals surface area contributed by atoms with E-state index in [4.69, 9.17) is 0 Å². The van der Waals surface area contributed by atoms with Crippen LogP contribution in [-0.2, 0) is 13.1 Å². The molecule has 9 rings (SSSR count). The molecule has 0 radical (unpaired) electrons. The van der Waals surface area contributed by atoms with Gasteiger partial charge in [-0.1, -0.05) is 109 Å². The highest BCUT2D eigenvalue weighted by molar-refractivity contribution is 6.09. The third kappa shape index (κ3) is 11.5. The zero-order valence-corrected chi connectivity index (χ0v) is 46.3. The van der Waals surface area contributed by atoms with E-state index in [9.17, 15) is 0 Å². The van der Waals surface area contributed by atoms with E-state index in [1.54, 1.807) is 0 Å². The molecule has 0 unspecified atom stereocenters. The fraction of sp³-hybridized carbons (Fsp3) is 0.257. The SMILES string of the molecule is CCN(CC)c1ccc(C(=C2C=CC(=[N+](CC)CC)C=C2)c2ccc(NCc3ccc(CNc4ccc(C(=C5C=CC(=[N+](CC)CC)C=C5)c5ccc(N(CC)CC)cc5)c5ccccc45)cc3)c3ccccc23)cc1. The summed E-state index contributed by atoms with van der Waals surface area (Å²) in [6.45, 7) is 27.1. The lowest BCUT2D eigenvalue weighted by Gasteiger charge is -2.22. The summed E-state index contributed by atoms with van der Waals surface area (Å²) in [5.74, 6) is 0. The van der Waals surface area contributed by atoms with Crippen LogP contribution in [0.4, 0.5) is 22.7 Å². The van der Waals surface area contributed by atoms with E-state index in [1.807, 2.05) is 0 Å².